The van der Waals surface area contributed by atoms with Gasteiger partial charge >= 0.3 is 11.9 Å². The Bertz CT molecular complexity index is 547. The zero-order valence-corrected chi connectivity index (χ0v) is 12.9. The molecule has 0 aromatic rings. The molecule has 3 aliphatic rings. The van der Waals surface area contributed by atoms with Gasteiger partial charge in [-0.15, -0.1) is 0 Å². The summed E-state index contributed by atoms with van der Waals surface area (Å²) in [4.78, 5) is 24.1. The molecule has 2 bridgehead atoms. The molecule has 0 amide bonds. The predicted octanol–water partition coefficient (Wildman–Crippen LogP) is 2.36. The molecule has 5 nitrogen and oxygen atoms in total. The van der Waals surface area contributed by atoms with E-state index in [9.17, 15) is 14.7 Å². The SMILES string of the molecule is CCOC(=O)C1=C(O)C2C3CCC(C)(C2OC1=O)C3(C)C. The Morgan fingerprint density at radius 1 is 1.43 bits per heavy atom. The van der Waals surface area contributed by atoms with Crippen LogP contribution in [-0.4, -0.2) is 29.8 Å². The lowest BCUT2D eigenvalue weighted by atomic mass is 9.69. The summed E-state index contributed by atoms with van der Waals surface area (Å²) >= 11 is 0. The highest BCUT2D eigenvalue weighted by Crippen LogP contribution is 2.70. The molecule has 0 saturated heterocycles. The molecule has 2 fully saturated rings. The van der Waals surface area contributed by atoms with Crippen molar-refractivity contribution in [2.24, 2.45) is 22.7 Å². The number of aliphatic hydroxyl groups is 1. The highest BCUT2D eigenvalue weighted by Gasteiger charge is 2.70. The van der Waals surface area contributed by atoms with Gasteiger partial charge in [-0.2, -0.15) is 0 Å². The van der Waals surface area contributed by atoms with E-state index in [4.69, 9.17) is 9.47 Å². The molecule has 1 N–H and O–H groups in total. The maximum absolute atomic E-state index is 12.2. The fourth-order valence-electron chi connectivity index (χ4n) is 4.68. The number of aliphatic hydroxyl groups excluding tert-OH is 1. The maximum Gasteiger partial charge on any atom is 0.349 e. The maximum atomic E-state index is 12.2. The van der Waals surface area contributed by atoms with Crippen LogP contribution in [0.1, 0.15) is 40.5 Å². The lowest BCUT2D eigenvalue weighted by molar-refractivity contribution is -0.163. The van der Waals surface area contributed by atoms with Gasteiger partial charge in [-0.05, 0) is 31.1 Å². The highest BCUT2D eigenvalue weighted by molar-refractivity contribution is 6.15. The average Bonchev–Trinajstić information content (AvgIpc) is 2.70. The number of carbonyl (C=O) groups excluding carboxylic acids is 2. The van der Waals surface area contributed by atoms with Crippen LogP contribution < -0.4 is 0 Å². The van der Waals surface area contributed by atoms with Crippen molar-refractivity contribution < 1.29 is 24.2 Å². The predicted molar refractivity (Wildman–Crippen MR) is 74.3 cm³/mol. The molecule has 2 saturated carbocycles. The van der Waals surface area contributed by atoms with Crippen molar-refractivity contribution in [1.29, 1.82) is 0 Å². The van der Waals surface area contributed by atoms with Crippen molar-refractivity contribution in [3.63, 3.8) is 0 Å². The quantitative estimate of drug-likeness (QED) is 0.625. The summed E-state index contributed by atoms with van der Waals surface area (Å²) in [6, 6.07) is 0. The molecule has 0 radical (unpaired) electrons. The first-order chi connectivity index (χ1) is 9.75. The van der Waals surface area contributed by atoms with Crippen LogP contribution in [0, 0.1) is 22.7 Å². The number of ether oxygens (including phenoxy) is 2. The van der Waals surface area contributed by atoms with Crippen molar-refractivity contribution in [3.8, 4) is 0 Å². The second-order valence-electron chi connectivity index (χ2n) is 7.12. The molecule has 116 valence electrons. The third-order valence-electron chi connectivity index (χ3n) is 6.25. The largest absolute Gasteiger partial charge is 0.511 e. The Morgan fingerprint density at radius 2 is 2.10 bits per heavy atom. The smallest absolute Gasteiger partial charge is 0.349 e. The van der Waals surface area contributed by atoms with Gasteiger partial charge in [-0.3, -0.25) is 0 Å². The van der Waals surface area contributed by atoms with Gasteiger partial charge in [-0.1, -0.05) is 20.8 Å². The molecule has 5 heteroatoms. The normalized spacial score (nSPS) is 40.0. The van der Waals surface area contributed by atoms with Crippen LogP contribution >= 0.6 is 0 Å². The van der Waals surface area contributed by atoms with Gasteiger partial charge in [0.2, 0.25) is 0 Å². The van der Waals surface area contributed by atoms with Crippen LogP contribution in [0.15, 0.2) is 11.3 Å². The zero-order valence-electron chi connectivity index (χ0n) is 12.9. The molecule has 2 aliphatic carbocycles. The fourth-order valence-corrected chi connectivity index (χ4v) is 4.68. The average molecular weight is 294 g/mol. The fraction of sp³-hybridized carbons (Fsp3) is 0.750. The first kappa shape index (κ1) is 14.4. The summed E-state index contributed by atoms with van der Waals surface area (Å²) in [7, 11) is 0. The van der Waals surface area contributed by atoms with Gasteiger partial charge in [0.25, 0.3) is 0 Å². The lowest BCUT2D eigenvalue weighted by Crippen LogP contribution is -2.45. The summed E-state index contributed by atoms with van der Waals surface area (Å²) in [6.07, 6.45) is 1.60. The summed E-state index contributed by atoms with van der Waals surface area (Å²) in [5.41, 5.74) is -0.516. The molecule has 21 heavy (non-hydrogen) atoms. The highest BCUT2D eigenvalue weighted by atomic mass is 16.6. The molecule has 0 aromatic heterocycles. The number of esters is 2. The van der Waals surface area contributed by atoms with Crippen molar-refractivity contribution >= 4 is 11.9 Å². The Kier molecular flexibility index (Phi) is 2.91. The van der Waals surface area contributed by atoms with Crippen LogP contribution in [0.25, 0.3) is 0 Å². The standard InChI is InChI=1S/C16H22O5/c1-5-20-13(18)10-11(17)9-8-6-7-16(4,15(8,2)3)12(9)21-14(10)19/h8-9,12,17H,5-7H2,1-4H3. The van der Waals surface area contributed by atoms with Crippen molar-refractivity contribution in [3.05, 3.63) is 11.3 Å². The van der Waals surface area contributed by atoms with Gasteiger partial charge in [0.15, 0.2) is 5.57 Å². The molecule has 0 aromatic carbocycles. The molecule has 4 atom stereocenters. The molecular formula is C16H22O5. The molecule has 1 heterocycles. The third-order valence-corrected chi connectivity index (χ3v) is 6.25. The number of hydrogen-bond donors (Lipinski definition) is 1. The lowest BCUT2D eigenvalue weighted by Gasteiger charge is -2.41. The Balaban J connectivity index is 2.06. The van der Waals surface area contributed by atoms with Gasteiger partial charge in [0, 0.05) is 5.41 Å². The van der Waals surface area contributed by atoms with Crippen molar-refractivity contribution in [2.75, 3.05) is 6.61 Å². The zero-order chi connectivity index (χ0) is 15.6. The van der Waals surface area contributed by atoms with E-state index in [-0.39, 0.29) is 46.7 Å². The summed E-state index contributed by atoms with van der Waals surface area (Å²) in [6.45, 7) is 8.26. The number of rotatable bonds is 2. The van der Waals surface area contributed by atoms with Gasteiger partial charge in [-0.25, -0.2) is 9.59 Å². The van der Waals surface area contributed by atoms with Crippen molar-refractivity contribution in [1.82, 2.24) is 0 Å². The van der Waals surface area contributed by atoms with Gasteiger partial charge in [0.1, 0.15) is 11.9 Å². The number of fused-ring (bicyclic) bond motifs is 5. The van der Waals surface area contributed by atoms with Crippen LogP contribution in [0.2, 0.25) is 0 Å². The Morgan fingerprint density at radius 3 is 2.71 bits per heavy atom. The summed E-state index contributed by atoms with van der Waals surface area (Å²) < 4.78 is 10.4. The monoisotopic (exact) mass is 294 g/mol. The minimum absolute atomic E-state index is 0.0410. The topological polar surface area (TPSA) is 72.8 Å². The minimum atomic E-state index is -0.788. The molecule has 0 spiro atoms. The second-order valence-corrected chi connectivity index (χ2v) is 7.12. The van der Waals surface area contributed by atoms with E-state index >= 15 is 0 Å². The van der Waals surface area contributed by atoms with E-state index in [0.29, 0.717) is 0 Å². The van der Waals surface area contributed by atoms with E-state index in [1.54, 1.807) is 6.92 Å². The van der Waals surface area contributed by atoms with E-state index in [0.717, 1.165) is 12.8 Å². The molecule has 3 rings (SSSR count). The second kappa shape index (κ2) is 4.24. The van der Waals surface area contributed by atoms with Crippen LogP contribution in [-0.2, 0) is 19.1 Å². The van der Waals surface area contributed by atoms with E-state index in [2.05, 4.69) is 20.8 Å². The Hall–Kier alpha value is -1.52. The van der Waals surface area contributed by atoms with E-state index in [1.807, 2.05) is 0 Å². The van der Waals surface area contributed by atoms with Crippen LogP contribution in [0.3, 0.4) is 0 Å². The van der Waals surface area contributed by atoms with Gasteiger partial charge < -0.3 is 14.6 Å². The van der Waals surface area contributed by atoms with E-state index in [1.165, 1.54) is 0 Å². The summed E-state index contributed by atoms with van der Waals surface area (Å²) in [5, 5.41) is 10.6. The third kappa shape index (κ3) is 1.57. The first-order valence-corrected chi connectivity index (χ1v) is 7.57. The Labute approximate surface area is 124 Å². The van der Waals surface area contributed by atoms with Crippen LogP contribution in [0.5, 0.6) is 0 Å². The molecule has 4 unspecified atom stereocenters. The summed E-state index contributed by atoms with van der Waals surface area (Å²) in [5.74, 6) is -1.74. The van der Waals surface area contributed by atoms with E-state index < -0.39 is 11.9 Å². The number of carbonyl (C=O) groups is 2. The molecule has 1 aliphatic heterocycles. The van der Waals surface area contributed by atoms with Gasteiger partial charge in [0.05, 0.1) is 12.5 Å². The van der Waals surface area contributed by atoms with Crippen molar-refractivity contribution in [2.45, 2.75) is 46.6 Å². The molecular weight excluding hydrogens is 272 g/mol. The van der Waals surface area contributed by atoms with Crippen LogP contribution in [0.4, 0.5) is 0 Å². The number of hydrogen-bond acceptors (Lipinski definition) is 5. The first-order valence-electron chi connectivity index (χ1n) is 7.57. The minimum Gasteiger partial charge on any atom is -0.511 e.